The van der Waals surface area contributed by atoms with Gasteiger partial charge in [-0.25, -0.2) is 0 Å². The predicted molar refractivity (Wildman–Crippen MR) is 111 cm³/mol. The summed E-state index contributed by atoms with van der Waals surface area (Å²) in [4.78, 5) is 19.2. The lowest BCUT2D eigenvalue weighted by Gasteiger charge is -2.33. The fourth-order valence-corrected chi connectivity index (χ4v) is 3.90. The van der Waals surface area contributed by atoms with E-state index in [2.05, 4.69) is 26.8 Å². The standard InChI is InChI=1S/C22H23N5O3/c28-20(14-29-17-4-2-1-3-5-17)27-11-10-23-13-19(27)22-25-21(26-30-22)16-6-7-18-15(12-16)8-9-24-18/h1-7,12,19,23-24H,8-11,13-14H2/t19-/m1/s1. The first-order chi connectivity index (χ1) is 14.8. The maximum atomic E-state index is 12.8. The van der Waals surface area contributed by atoms with Crippen molar-refractivity contribution in [2.24, 2.45) is 0 Å². The molecule has 2 aliphatic heterocycles. The second-order valence-corrected chi connectivity index (χ2v) is 7.41. The van der Waals surface area contributed by atoms with Gasteiger partial charge in [0.15, 0.2) is 6.61 Å². The number of hydrogen-bond acceptors (Lipinski definition) is 7. The van der Waals surface area contributed by atoms with Crippen LogP contribution in [0.5, 0.6) is 5.75 Å². The minimum absolute atomic E-state index is 0.0284. The summed E-state index contributed by atoms with van der Waals surface area (Å²) >= 11 is 0. The van der Waals surface area contributed by atoms with E-state index >= 15 is 0 Å². The average Bonchev–Trinajstić information content (AvgIpc) is 3.47. The van der Waals surface area contributed by atoms with Crippen molar-refractivity contribution < 1.29 is 14.1 Å². The lowest BCUT2D eigenvalue weighted by atomic mass is 10.1. The van der Waals surface area contributed by atoms with E-state index in [-0.39, 0.29) is 18.6 Å². The lowest BCUT2D eigenvalue weighted by molar-refractivity contribution is -0.137. The molecule has 0 bridgehead atoms. The molecule has 1 atom stereocenters. The number of hydrogen-bond donors (Lipinski definition) is 2. The molecule has 154 valence electrons. The molecule has 3 heterocycles. The van der Waals surface area contributed by atoms with E-state index in [9.17, 15) is 4.79 Å². The molecule has 1 saturated heterocycles. The summed E-state index contributed by atoms with van der Waals surface area (Å²) in [6, 6.07) is 15.1. The number of benzene rings is 2. The summed E-state index contributed by atoms with van der Waals surface area (Å²) in [5.41, 5.74) is 3.34. The minimum atomic E-state index is -0.317. The lowest BCUT2D eigenvalue weighted by Crippen LogP contribution is -2.50. The van der Waals surface area contributed by atoms with Gasteiger partial charge in [-0.1, -0.05) is 23.4 Å². The van der Waals surface area contributed by atoms with E-state index in [0.29, 0.717) is 37.1 Å². The Hall–Kier alpha value is -3.39. The van der Waals surface area contributed by atoms with E-state index < -0.39 is 0 Å². The van der Waals surface area contributed by atoms with Crippen LogP contribution in [0.25, 0.3) is 11.4 Å². The van der Waals surface area contributed by atoms with E-state index in [0.717, 1.165) is 24.2 Å². The molecular formula is C22H23N5O3. The molecule has 8 nitrogen and oxygen atoms in total. The highest BCUT2D eigenvalue weighted by Gasteiger charge is 2.32. The number of piperazine rings is 1. The number of nitrogens with one attached hydrogen (secondary N) is 2. The number of para-hydroxylation sites is 1. The third-order valence-corrected chi connectivity index (χ3v) is 5.47. The molecule has 1 aromatic heterocycles. The zero-order chi connectivity index (χ0) is 20.3. The van der Waals surface area contributed by atoms with Crippen molar-refractivity contribution in [3.05, 3.63) is 60.0 Å². The Bertz CT molecular complexity index is 1040. The summed E-state index contributed by atoms with van der Waals surface area (Å²) in [7, 11) is 0. The number of amides is 1. The summed E-state index contributed by atoms with van der Waals surface area (Å²) in [6.45, 7) is 2.76. The van der Waals surface area contributed by atoms with Gasteiger partial charge in [0, 0.05) is 37.4 Å². The van der Waals surface area contributed by atoms with Gasteiger partial charge in [-0.3, -0.25) is 4.79 Å². The summed E-state index contributed by atoms with van der Waals surface area (Å²) in [5, 5.41) is 10.8. The van der Waals surface area contributed by atoms with Crippen LogP contribution in [0.15, 0.2) is 53.1 Å². The maximum absolute atomic E-state index is 12.8. The minimum Gasteiger partial charge on any atom is -0.484 e. The third-order valence-electron chi connectivity index (χ3n) is 5.47. The Kier molecular flexibility index (Phi) is 5.06. The van der Waals surface area contributed by atoms with Crippen molar-refractivity contribution in [1.29, 1.82) is 0 Å². The van der Waals surface area contributed by atoms with Crippen LogP contribution in [0.1, 0.15) is 17.5 Å². The van der Waals surface area contributed by atoms with Crippen molar-refractivity contribution in [3.8, 4) is 17.1 Å². The van der Waals surface area contributed by atoms with Crippen molar-refractivity contribution in [1.82, 2.24) is 20.4 Å². The van der Waals surface area contributed by atoms with Gasteiger partial charge in [0.1, 0.15) is 11.8 Å². The van der Waals surface area contributed by atoms with Gasteiger partial charge >= 0.3 is 0 Å². The second kappa shape index (κ2) is 8.16. The molecule has 8 heteroatoms. The smallest absolute Gasteiger partial charge is 0.261 e. The molecule has 3 aromatic rings. The van der Waals surface area contributed by atoms with Crippen LogP contribution in [0.4, 0.5) is 5.69 Å². The van der Waals surface area contributed by atoms with E-state index in [4.69, 9.17) is 9.26 Å². The predicted octanol–water partition coefficient (Wildman–Crippen LogP) is 2.26. The van der Waals surface area contributed by atoms with Gasteiger partial charge in [-0.05, 0) is 42.3 Å². The highest BCUT2D eigenvalue weighted by atomic mass is 16.5. The Morgan fingerprint density at radius 3 is 3.00 bits per heavy atom. The first kappa shape index (κ1) is 18.6. The SMILES string of the molecule is O=C(COc1ccccc1)N1CCNC[C@@H]1c1nc(-c2ccc3c(c2)CCN3)no1. The molecular weight excluding hydrogens is 382 g/mol. The number of carbonyl (C=O) groups is 1. The number of anilines is 1. The summed E-state index contributed by atoms with van der Waals surface area (Å²) < 4.78 is 11.2. The van der Waals surface area contributed by atoms with Crippen LogP contribution in [-0.2, 0) is 11.2 Å². The van der Waals surface area contributed by atoms with Crippen LogP contribution >= 0.6 is 0 Å². The number of aromatic nitrogens is 2. The zero-order valence-electron chi connectivity index (χ0n) is 16.5. The van der Waals surface area contributed by atoms with E-state index in [1.165, 1.54) is 5.56 Å². The molecule has 1 amide bonds. The van der Waals surface area contributed by atoms with Gasteiger partial charge in [-0.2, -0.15) is 4.98 Å². The van der Waals surface area contributed by atoms with E-state index in [1.54, 1.807) is 4.90 Å². The molecule has 30 heavy (non-hydrogen) atoms. The van der Waals surface area contributed by atoms with Crippen LogP contribution in [0.2, 0.25) is 0 Å². The Morgan fingerprint density at radius 2 is 2.10 bits per heavy atom. The molecule has 0 saturated carbocycles. The molecule has 0 unspecified atom stereocenters. The van der Waals surface area contributed by atoms with Gasteiger partial charge in [0.2, 0.25) is 5.82 Å². The first-order valence-electron chi connectivity index (χ1n) is 10.2. The molecule has 2 aromatic carbocycles. The summed E-state index contributed by atoms with van der Waals surface area (Å²) in [5.74, 6) is 1.54. The number of rotatable bonds is 5. The monoisotopic (exact) mass is 405 g/mol. The zero-order valence-corrected chi connectivity index (χ0v) is 16.5. The summed E-state index contributed by atoms with van der Waals surface area (Å²) in [6.07, 6.45) is 0.990. The largest absolute Gasteiger partial charge is 0.484 e. The van der Waals surface area contributed by atoms with Crippen molar-refractivity contribution in [3.63, 3.8) is 0 Å². The third kappa shape index (κ3) is 3.73. The molecule has 1 fully saturated rings. The topological polar surface area (TPSA) is 92.5 Å². The maximum Gasteiger partial charge on any atom is 0.261 e. The average molecular weight is 405 g/mol. The number of fused-ring (bicyclic) bond motifs is 1. The fourth-order valence-electron chi connectivity index (χ4n) is 3.90. The van der Waals surface area contributed by atoms with Crippen molar-refractivity contribution in [2.75, 3.05) is 38.1 Å². The van der Waals surface area contributed by atoms with Gasteiger partial charge in [0.25, 0.3) is 11.8 Å². The van der Waals surface area contributed by atoms with Crippen molar-refractivity contribution >= 4 is 11.6 Å². The second-order valence-electron chi connectivity index (χ2n) is 7.41. The van der Waals surface area contributed by atoms with Crippen LogP contribution in [0, 0.1) is 0 Å². The van der Waals surface area contributed by atoms with Crippen molar-refractivity contribution in [2.45, 2.75) is 12.5 Å². The fraction of sp³-hybridized carbons (Fsp3) is 0.318. The highest BCUT2D eigenvalue weighted by molar-refractivity contribution is 5.78. The molecule has 5 rings (SSSR count). The van der Waals surface area contributed by atoms with Gasteiger partial charge in [-0.15, -0.1) is 0 Å². The van der Waals surface area contributed by atoms with Crippen LogP contribution in [0.3, 0.4) is 0 Å². The molecule has 2 N–H and O–H groups in total. The van der Waals surface area contributed by atoms with Crippen LogP contribution < -0.4 is 15.4 Å². The number of nitrogens with zero attached hydrogens (tertiary/aromatic N) is 3. The van der Waals surface area contributed by atoms with Gasteiger partial charge < -0.3 is 24.8 Å². The highest BCUT2D eigenvalue weighted by Crippen LogP contribution is 2.29. The first-order valence-corrected chi connectivity index (χ1v) is 10.2. The van der Waals surface area contributed by atoms with Crippen LogP contribution in [-0.4, -0.2) is 53.7 Å². The molecule has 0 radical (unpaired) electrons. The number of ether oxygens (including phenoxy) is 1. The quantitative estimate of drug-likeness (QED) is 0.673. The van der Waals surface area contributed by atoms with E-state index in [1.807, 2.05) is 42.5 Å². The Labute approximate surface area is 174 Å². The van der Waals surface area contributed by atoms with Gasteiger partial charge in [0.05, 0.1) is 0 Å². The Morgan fingerprint density at radius 1 is 1.20 bits per heavy atom. The molecule has 2 aliphatic rings. The Balaban J connectivity index is 1.31. The normalized spacial score (nSPS) is 18.0. The molecule has 0 aliphatic carbocycles. The molecule has 0 spiro atoms. The number of carbonyl (C=O) groups excluding carboxylic acids is 1.